The van der Waals surface area contributed by atoms with Gasteiger partial charge in [-0.3, -0.25) is 9.59 Å². The average Bonchev–Trinajstić information content (AvgIpc) is 2.90. The van der Waals surface area contributed by atoms with Gasteiger partial charge in [0.25, 0.3) is 0 Å². The fourth-order valence-electron chi connectivity index (χ4n) is 3.52. The van der Waals surface area contributed by atoms with Crippen LogP contribution in [-0.4, -0.2) is 22.6 Å². The second-order valence-electron chi connectivity index (χ2n) is 6.74. The van der Waals surface area contributed by atoms with Crippen molar-refractivity contribution in [2.45, 2.75) is 70.7 Å². The molecule has 24 heavy (non-hydrogen) atoms. The van der Waals surface area contributed by atoms with Crippen LogP contribution in [0.4, 0.5) is 5.69 Å². The van der Waals surface area contributed by atoms with Crippen LogP contribution in [0.5, 0.6) is 0 Å². The van der Waals surface area contributed by atoms with Gasteiger partial charge in [-0.25, -0.2) is 0 Å². The smallest absolute Gasteiger partial charge is 0.230 e. The summed E-state index contributed by atoms with van der Waals surface area (Å²) in [7, 11) is 0. The molecular formula is C20H28BrNO2. The van der Waals surface area contributed by atoms with Gasteiger partial charge in [-0.2, -0.15) is 0 Å². The highest BCUT2D eigenvalue weighted by atomic mass is 79.9. The number of alkyl halides is 1. The number of hydrogen-bond donors (Lipinski definition) is 0. The van der Waals surface area contributed by atoms with Crippen LogP contribution in [0.15, 0.2) is 18.2 Å². The third-order valence-corrected chi connectivity index (χ3v) is 5.85. The first-order valence-electron chi connectivity index (χ1n) is 9.08. The first-order valence-corrected chi connectivity index (χ1v) is 10.00. The van der Waals surface area contributed by atoms with Crippen LogP contribution in [0.3, 0.4) is 0 Å². The molecule has 2 unspecified atom stereocenters. The zero-order chi connectivity index (χ0) is 17.9. The van der Waals surface area contributed by atoms with Gasteiger partial charge in [0.2, 0.25) is 5.91 Å². The minimum absolute atomic E-state index is 0.0798. The number of Topliss-reactive ketones (excluding diaryl/α,β-unsaturated/α-hetero) is 1. The third kappa shape index (κ3) is 3.74. The van der Waals surface area contributed by atoms with Crippen molar-refractivity contribution in [3.05, 3.63) is 29.3 Å². The zero-order valence-electron chi connectivity index (χ0n) is 15.1. The Morgan fingerprint density at radius 2 is 1.92 bits per heavy atom. The van der Waals surface area contributed by atoms with Crippen molar-refractivity contribution in [3.63, 3.8) is 0 Å². The van der Waals surface area contributed by atoms with Crippen LogP contribution in [0.2, 0.25) is 0 Å². The molecule has 0 saturated carbocycles. The van der Waals surface area contributed by atoms with E-state index in [2.05, 4.69) is 43.6 Å². The number of carbonyl (C=O) groups excluding carboxylic acids is 2. The number of rotatable bonds is 7. The van der Waals surface area contributed by atoms with Crippen molar-refractivity contribution in [1.82, 2.24) is 0 Å². The summed E-state index contributed by atoms with van der Waals surface area (Å²) in [4.78, 5) is 27.2. The molecule has 3 nitrogen and oxygen atoms in total. The van der Waals surface area contributed by atoms with Crippen molar-refractivity contribution >= 4 is 33.3 Å². The Morgan fingerprint density at radius 3 is 2.50 bits per heavy atom. The molecule has 0 aromatic heterocycles. The molecule has 0 saturated heterocycles. The number of nitrogens with zero attached hydrogens (tertiary/aromatic N) is 1. The fourth-order valence-corrected chi connectivity index (χ4v) is 4.24. The molecule has 0 N–H and O–H groups in total. The Labute approximate surface area is 153 Å². The maximum atomic E-state index is 12.8. The lowest BCUT2D eigenvalue weighted by molar-refractivity contribution is -0.122. The molecule has 1 aliphatic heterocycles. The lowest BCUT2D eigenvalue weighted by Crippen LogP contribution is -2.39. The van der Waals surface area contributed by atoms with E-state index < -0.39 is 0 Å². The summed E-state index contributed by atoms with van der Waals surface area (Å²) in [5, 5.41) is 0. The predicted molar refractivity (Wildman–Crippen MR) is 103 cm³/mol. The molecule has 1 aromatic carbocycles. The summed E-state index contributed by atoms with van der Waals surface area (Å²) in [6.45, 7) is 8.30. The van der Waals surface area contributed by atoms with Crippen molar-refractivity contribution in [1.29, 1.82) is 0 Å². The van der Waals surface area contributed by atoms with E-state index >= 15 is 0 Å². The molecule has 0 aliphatic carbocycles. The molecule has 0 fully saturated rings. The normalized spacial score (nSPS) is 17.9. The largest absolute Gasteiger partial charge is 0.309 e. The van der Waals surface area contributed by atoms with Gasteiger partial charge in [0.05, 0.1) is 4.83 Å². The highest BCUT2D eigenvalue weighted by Gasteiger charge is 2.34. The van der Waals surface area contributed by atoms with Crippen LogP contribution in [0.1, 0.15) is 69.3 Å². The number of fused-ring (bicyclic) bond motifs is 1. The molecule has 2 atom stereocenters. The number of hydrogen-bond acceptors (Lipinski definition) is 2. The van der Waals surface area contributed by atoms with Gasteiger partial charge in [-0.15, -0.1) is 0 Å². The van der Waals surface area contributed by atoms with Crippen LogP contribution in [0.25, 0.3) is 0 Å². The summed E-state index contributed by atoms with van der Waals surface area (Å²) < 4.78 is 0. The van der Waals surface area contributed by atoms with E-state index in [9.17, 15) is 9.59 Å². The maximum Gasteiger partial charge on any atom is 0.230 e. The molecule has 132 valence electrons. The topological polar surface area (TPSA) is 37.4 Å². The Balaban J connectivity index is 2.28. The fraction of sp³-hybridized carbons (Fsp3) is 0.600. The van der Waals surface area contributed by atoms with E-state index in [1.807, 2.05) is 23.1 Å². The van der Waals surface area contributed by atoms with Gasteiger partial charge in [-0.1, -0.05) is 43.1 Å². The Morgan fingerprint density at radius 1 is 1.25 bits per heavy atom. The van der Waals surface area contributed by atoms with Crippen LogP contribution in [0, 0.1) is 5.92 Å². The third-order valence-electron chi connectivity index (χ3n) is 4.98. The second-order valence-corrected chi connectivity index (χ2v) is 7.84. The lowest BCUT2D eigenvalue weighted by Gasteiger charge is -2.26. The van der Waals surface area contributed by atoms with Crippen molar-refractivity contribution in [3.8, 4) is 0 Å². The number of amides is 1. The average molecular weight is 394 g/mol. The SMILES string of the molecule is CCCC(Br)C(=O)c1ccc2c(c1)CC(C)N2C(=O)C(CC)CC. The molecule has 1 aliphatic rings. The molecule has 2 rings (SSSR count). The van der Waals surface area contributed by atoms with E-state index in [0.717, 1.165) is 48.9 Å². The zero-order valence-corrected chi connectivity index (χ0v) is 16.7. The van der Waals surface area contributed by atoms with Gasteiger partial charge in [-0.05, 0) is 56.4 Å². The van der Waals surface area contributed by atoms with E-state index in [0.29, 0.717) is 0 Å². The minimum atomic E-state index is -0.123. The molecular weight excluding hydrogens is 366 g/mol. The van der Waals surface area contributed by atoms with E-state index in [1.165, 1.54) is 0 Å². The first kappa shape index (κ1) is 19.2. The van der Waals surface area contributed by atoms with E-state index in [-0.39, 0.29) is 28.5 Å². The second kappa shape index (κ2) is 8.28. The number of ketones is 1. The maximum absolute atomic E-state index is 12.8. The van der Waals surface area contributed by atoms with E-state index in [4.69, 9.17) is 0 Å². The summed E-state index contributed by atoms with van der Waals surface area (Å²) in [6, 6.07) is 5.97. The highest BCUT2D eigenvalue weighted by Crippen LogP contribution is 2.35. The molecule has 1 heterocycles. The molecule has 4 heteroatoms. The van der Waals surface area contributed by atoms with Gasteiger partial charge in [0.15, 0.2) is 5.78 Å². The van der Waals surface area contributed by atoms with Crippen molar-refractivity contribution in [2.75, 3.05) is 4.90 Å². The van der Waals surface area contributed by atoms with Crippen LogP contribution < -0.4 is 4.90 Å². The molecule has 1 amide bonds. The summed E-state index contributed by atoms with van der Waals surface area (Å²) in [5.41, 5.74) is 2.84. The quantitative estimate of drug-likeness (QED) is 0.474. The number of benzene rings is 1. The summed E-state index contributed by atoms with van der Waals surface area (Å²) in [6.07, 6.45) is 4.37. The minimum Gasteiger partial charge on any atom is -0.309 e. The van der Waals surface area contributed by atoms with Gasteiger partial charge >= 0.3 is 0 Å². The number of anilines is 1. The Hall–Kier alpha value is -1.16. The monoisotopic (exact) mass is 393 g/mol. The van der Waals surface area contributed by atoms with Crippen molar-refractivity contribution < 1.29 is 9.59 Å². The van der Waals surface area contributed by atoms with Crippen molar-refractivity contribution in [2.24, 2.45) is 5.92 Å². The Bertz CT molecular complexity index is 610. The van der Waals surface area contributed by atoms with E-state index in [1.54, 1.807) is 0 Å². The standard InChI is InChI=1S/C20H28BrNO2/c1-5-8-17(21)19(23)15-9-10-18-16(12-15)11-13(4)22(18)20(24)14(6-2)7-3/h9-10,12-14,17H,5-8,11H2,1-4H3. The van der Waals surface area contributed by atoms with Crippen LogP contribution in [-0.2, 0) is 11.2 Å². The molecule has 1 aromatic rings. The molecule has 0 radical (unpaired) electrons. The lowest BCUT2D eigenvalue weighted by atomic mass is 10.0. The van der Waals surface area contributed by atoms with Gasteiger partial charge in [0, 0.05) is 23.2 Å². The molecule has 0 bridgehead atoms. The first-order chi connectivity index (χ1) is 11.4. The van der Waals surface area contributed by atoms with Gasteiger partial charge < -0.3 is 4.90 Å². The number of carbonyl (C=O) groups is 2. The predicted octanol–water partition coefficient (Wildman–Crippen LogP) is 5.15. The van der Waals surface area contributed by atoms with Crippen LogP contribution >= 0.6 is 15.9 Å². The highest BCUT2D eigenvalue weighted by molar-refractivity contribution is 9.10. The Kier molecular flexibility index (Phi) is 6.62. The molecule has 0 spiro atoms. The summed E-state index contributed by atoms with van der Waals surface area (Å²) in [5.74, 6) is 0.433. The summed E-state index contributed by atoms with van der Waals surface area (Å²) >= 11 is 3.49. The van der Waals surface area contributed by atoms with Gasteiger partial charge in [0.1, 0.15) is 0 Å². The number of halogens is 1.